The number of fused-ring (bicyclic) bond motifs is 1. The fraction of sp³-hybridized carbons (Fsp3) is 0.667. The van der Waals surface area contributed by atoms with Crippen LogP contribution in [0.5, 0.6) is 0 Å². The SMILES string of the molecule is CCCC[NH+](CCCC)CC1OCc2ccccc2CO1. The Morgan fingerprint density at radius 1 is 0.952 bits per heavy atom. The zero-order valence-electron chi connectivity index (χ0n) is 13.6. The van der Waals surface area contributed by atoms with E-state index in [1.165, 1.54) is 49.9 Å². The fourth-order valence-corrected chi connectivity index (χ4v) is 2.79. The Hall–Kier alpha value is -0.900. The van der Waals surface area contributed by atoms with Gasteiger partial charge in [-0.25, -0.2) is 0 Å². The van der Waals surface area contributed by atoms with Gasteiger partial charge in [0.2, 0.25) is 6.29 Å². The molecule has 1 heterocycles. The minimum atomic E-state index is -0.0684. The molecule has 2 rings (SSSR count). The summed E-state index contributed by atoms with van der Waals surface area (Å²) in [5.74, 6) is 0. The highest BCUT2D eigenvalue weighted by molar-refractivity contribution is 5.26. The van der Waals surface area contributed by atoms with Crippen LogP contribution in [0.25, 0.3) is 0 Å². The first-order valence-electron chi connectivity index (χ1n) is 8.47. The van der Waals surface area contributed by atoms with E-state index in [2.05, 4.69) is 38.1 Å². The molecule has 1 aliphatic rings. The van der Waals surface area contributed by atoms with Crippen molar-refractivity contribution in [2.24, 2.45) is 0 Å². The average Bonchev–Trinajstić information content (AvgIpc) is 2.72. The van der Waals surface area contributed by atoms with Gasteiger partial charge in [0.15, 0.2) is 0 Å². The van der Waals surface area contributed by atoms with Crippen molar-refractivity contribution in [1.29, 1.82) is 0 Å². The van der Waals surface area contributed by atoms with Crippen LogP contribution in [-0.2, 0) is 22.7 Å². The van der Waals surface area contributed by atoms with Crippen LogP contribution in [0.4, 0.5) is 0 Å². The molecule has 0 saturated carbocycles. The molecule has 1 aromatic rings. The molecule has 21 heavy (non-hydrogen) atoms. The second-order valence-electron chi connectivity index (χ2n) is 5.98. The van der Waals surface area contributed by atoms with Crippen molar-refractivity contribution in [2.75, 3.05) is 19.6 Å². The Labute approximate surface area is 129 Å². The molecule has 0 atom stereocenters. The van der Waals surface area contributed by atoms with Crippen LogP contribution in [0.3, 0.4) is 0 Å². The van der Waals surface area contributed by atoms with Crippen molar-refractivity contribution >= 4 is 0 Å². The van der Waals surface area contributed by atoms with E-state index in [0.29, 0.717) is 13.2 Å². The van der Waals surface area contributed by atoms with Crippen molar-refractivity contribution in [1.82, 2.24) is 0 Å². The molecule has 0 saturated heterocycles. The Bertz CT molecular complexity index is 373. The number of unbranched alkanes of at least 4 members (excludes halogenated alkanes) is 2. The fourth-order valence-electron chi connectivity index (χ4n) is 2.79. The highest BCUT2D eigenvalue weighted by Gasteiger charge is 2.21. The predicted molar refractivity (Wildman–Crippen MR) is 85.2 cm³/mol. The lowest BCUT2D eigenvalue weighted by atomic mass is 10.1. The average molecular weight is 292 g/mol. The maximum absolute atomic E-state index is 5.98. The maximum atomic E-state index is 5.98. The van der Waals surface area contributed by atoms with Gasteiger partial charge in [-0.1, -0.05) is 51.0 Å². The molecule has 0 spiro atoms. The van der Waals surface area contributed by atoms with E-state index in [-0.39, 0.29) is 6.29 Å². The van der Waals surface area contributed by atoms with E-state index in [4.69, 9.17) is 9.47 Å². The van der Waals surface area contributed by atoms with E-state index in [1.54, 1.807) is 4.90 Å². The van der Waals surface area contributed by atoms with E-state index in [0.717, 1.165) is 6.54 Å². The lowest BCUT2D eigenvalue weighted by Gasteiger charge is -2.24. The lowest BCUT2D eigenvalue weighted by Crippen LogP contribution is -3.13. The smallest absolute Gasteiger partial charge is 0.208 e. The lowest BCUT2D eigenvalue weighted by molar-refractivity contribution is -0.906. The van der Waals surface area contributed by atoms with Gasteiger partial charge in [0.25, 0.3) is 0 Å². The summed E-state index contributed by atoms with van der Waals surface area (Å²) >= 11 is 0. The first-order chi connectivity index (χ1) is 10.3. The Morgan fingerprint density at radius 2 is 1.48 bits per heavy atom. The summed E-state index contributed by atoms with van der Waals surface area (Å²) in [5.41, 5.74) is 2.53. The molecule has 0 radical (unpaired) electrons. The zero-order chi connectivity index (χ0) is 14.9. The summed E-state index contributed by atoms with van der Waals surface area (Å²) < 4.78 is 12.0. The summed E-state index contributed by atoms with van der Waals surface area (Å²) in [4.78, 5) is 1.62. The maximum Gasteiger partial charge on any atom is 0.208 e. The van der Waals surface area contributed by atoms with E-state index in [9.17, 15) is 0 Å². The second-order valence-corrected chi connectivity index (χ2v) is 5.98. The Kier molecular flexibility index (Phi) is 7.20. The number of benzene rings is 1. The molecule has 1 aliphatic heterocycles. The minimum absolute atomic E-state index is 0.0684. The van der Waals surface area contributed by atoms with E-state index >= 15 is 0 Å². The van der Waals surface area contributed by atoms with Crippen LogP contribution in [0.15, 0.2) is 24.3 Å². The van der Waals surface area contributed by atoms with Gasteiger partial charge in [-0.05, 0) is 24.0 Å². The molecule has 0 bridgehead atoms. The summed E-state index contributed by atoms with van der Waals surface area (Å²) in [6, 6.07) is 8.42. The third kappa shape index (κ3) is 5.42. The summed E-state index contributed by atoms with van der Waals surface area (Å²) in [6.45, 7) is 9.29. The summed E-state index contributed by atoms with van der Waals surface area (Å²) in [5, 5.41) is 0. The number of nitrogens with one attached hydrogen (secondary N) is 1. The van der Waals surface area contributed by atoms with Crippen molar-refractivity contribution < 1.29 is 14.4 Å². The van der Waals surface area contributed by atoms with Gasteiger partial charge in [-0.3, -0.25) is 0 Å². The quantitative estimate of drug-likeness (QED) is 0.796. The molecule has 1 aromatic carbocycles. The molecule has 3 heteroatoms. The van der Waals surface area contributed by atoms with Crippen LogP contribution in [0, 0.1) is 0 Å². The molecular weight excluding hydrogens is 262 g/mol. The molecule has 0 aromatic heterocycles. The van der Waals surface area contributed by atoms with E-state index in [1.807, 2.05) is 0 Å². The molecule has 1 N–H and O–H groups in total. The van der Waals surface area contributed by atoms with Gasteiger partial charge in [-0.15, -0.1) is 0 Å². The number of hydrogen-bond donors (Lipinski definition) is 1. The van der Waals surface area contributed by atoms with Gasteiger partial charge in [-0.2, -0.15) is 0 Å². The topological polar surface area (TPSA) is 22.9 Å². The number of ether oxygens (including phenoxy) is 2. The number of quaternary nitrogens is 1. The molecule has 0 unspecified atom stereocenters. The van der Waals surface area contributed by atoms with Crippen molar-refractivity contribution in [3.8, 4) is 0 Å². The van der Waals surface area contributed by atoms with E-state index < -0.39 is 0 Å². The number of rotatable bonds is 8. The van der Waals surface area contributed by atoms with Gasteiger partial charge in [0.05, 0.1) is 26.3 Å². The predicted octanol–water partition coefficient (Wildman–Crippen LogP) is 2.54. The minimum Gasteiger partial charge on any atom is -0.343 e. The molecular formula is C18H30NO2+. The standard InChI is InChI=1S/C18H29NO2/c1-3-5-11-19(12-6-4-2)13-18-20-14-16-9-7-8-10-17(16)15-21-18/h7-10,18H,3-6,11-15H2,1-2H3/p+1. The van der Waals surface area contributed by atoms with Crippen LogP contribution in [0.1, 0.15) is 50.7 Å². The van der Waals surface area contributed by atoms with Crippen molar-refractivity contribution in [3.63, 3.8) is 0 Å². The van der Waals surface area contributed by atoms with Gasteiger partial charge in [0, 0.05) is 0 Å². The molecule has 0 amide bonds. The van der Waals surface area contributed by atoms with Gasteiger partial charge >= 0.3 is 0 Å². The molecule has 0 aliphatic carbocycles. The van der Waals surface area contributed by atoms with Crippen molar-refractivity contribution in [2.45, 2.75) is 59.0 Å². The number of hydrogen-bond acceptors (Lipinski definition) is 2. The first kappa shape index (κ1) is 16.5. The second kappa shape index (κ2) is 9.19. The van der Waals surface area contributed by atoms with Crippen molar-refractivity contribution in [3.05, 3.63) is 35.4 Å². The van der Waals surface area contributed by atoms with Crippen LogP contribution < -0.4 is 4.90 Å². The summed E-state index contributed by atoms with van der Waals surface area (Å²) in [7, 11) is 0. The third-order valence-corrected chi connectivity index (χ3v) is 4.19. The van der Waals surface area contributed by atoms with Crippen LogP contribution >= 0.6 is 0 Å². The largest absolute Gasteiger partial charge is 0.343 e. The van der Waals surface area contributed by atoms with Crippen LogP contribution in [0.2, 0.25) is 0 Å². The van der Waals surface area contributed by atoms with Crippen LogP contribution in [-0.4, -0.2) is 25.9 Å². The molecule has 118 valence electrons. The monoisotopic (exact) mass is 292 g/mol. The highest BCUT2D eigenvalue weighted by atomic mass is 16.7. The molecule has 3 nitrogen and oxygen atoms in total. The van der Waals surface area contributed by atoms with Gasteiger partial charge < -0.3 is 14.4 Å². The Morgan fingerprint density at radius 3 is 1.95 bits per heavy atom. The zero-order valence-corrected chi connectivity index (χ0v) is 13.6. The molecule has 0 fully saturated rings. The normalized spacial score (nSPS) is 16.0. The van der Waals surface area contributed by atoms with Gasteiger partial charge in [0.1, 0.15) is 6.54 Å². The Balaban J connectivity index is 1.86. The third-order valence-electron chi connectivity index (χ3n) is 4.19. The highest BCUT2D eigenvalue weighted by Crippen LogP contribution is 2.17. The summed E-state index contributed by atoms with van der Waals surface area (Å²) in [6.07, 6.45) is 5.01. The first-order valence-corrected chi connectivity index (χ1v) is 8.47.